The predicted octanol–water partition coefficient (Wildman–Crippen LogP) is 5.60. The van der Waals surface area contributed by atoms with Gasteiger partial charge in [-0.1, -0.05) is 60.7 Å². The minimum atomic E-state index is -0.893. The van der Waals surface area contributed by atoms with Gasteiger partial charge in [0.15, 0.2) is 23.3 Å². The van der Waals surface area contributed by atoms with E-state index in [1.165, 1.54) is 13.8 Å². The van der Waals surface area contributed by atoms with Gasteiger partial charge in [-0.05, 0) is 221 Å². The molecule has 0 bridgehead atoms. The molecule has 0 aliphatic carbocycles. The molecule has 1 aliphatic rings. The molecule has 4 aromatic rings. The van der Waals surface area contributed by atoms with Gasteiger partial charge in [0.2, 0.25) is 17.7 Å². The van der Waals surface area contributed by atoms with Gasteiger partial charge in [-0.3, -0.25) is 48.3 Å². The van der Waals surface area contributed by atoms with Gasteiger partial charge in [0.05, 0.1) is 35.9 Å². The smallest absolute Gasteiger partial charge is 0.229 e. The van der Waals surface area contributed by atoms with Gasteiger partial charge in [-0.15, -0.1) is 0 Å². The summed E-state index contributed by atoms with van der Waals surface area (Å²) < 4.78 is 0. The van der Waals surface area contributed by atoms with Crippen LogP contribution in [0.3, 0.4) is 0 Å². The Kier molecular flexibility index (Phi) is 34.6. The van der Waals surface area contributed by atoms with Crippen LogP contribution in [-0.4, -0.2) is 140 Å². The minimum Gasteiger partial charge on any atom is -0.508 e. The molecule has 8 unspecified atom stereocenters. The van der Waals surface area contributed by atoms with Gasteiger partial charge >= 0.3 is 0 Å². The number of aryl methyl sites for hydroxylation is 3. The lowest BCUT2D eigenvalue weighted by Gasteiger charge is -2.29. The highest BCUT2D eigenvalue weighted by Crippen LogP contribution is 2.32. The Morgan fingerprint density at radius 3 is 1.56 bits per heavy atom. The predicted molar refractivity (Wildman–Crippen MR) is 370 cm³/mol. The number of carbonyl (C=O) groups is 8. The quantitative estimate of drug-likeness (QED) is 0.0146. The number of amides is 3. The Morgan fingerprint density at radius 2 is 1.02 bits per heavy atom. The maximum atomic E-state index is 14.0. The molecule has 0 radical (unpaired) electrons. The number of rotatable bonds is 41. The van der Waals surface area contributed by atoms with Crippen molar-refractivity contribution in [1.82, 2.24) is 31.9 Å². The lowest BCUT2D eigenvalue weighted by atomic mass is 9.85. The van der Waals surface area contributed by atoms with Crippen LogP contribution in [0.15, 0.2) is 94.9 Å². The van der Waals surface area contributed by atoms with E-state index in [2.05, 4.69) is 41.9 Å². The molecule has 4 aromatic carbocycles. The second-order valence-electron chi connectivity index (χ2n) is 25.1. The summed E-state index contributed by atoms with van der Waals surface area (Å²) in [7, 11) is 3.72. The van der Waals surface area contributed by atoms with Gasteiger partial charge < -0.3 is 65.0 Å². The molecule has 22 heteroatoms. The first kappa shape index (κ1) is 78.3. The number of guanidine groups is 1. The van der Waals surface area contributed by atoms with E-state index in [0.29, 0.717) is 76.8 Å². The summed E-state index contributed by atoms with van der Waals surface area (Å²) in [6, 6.07) is 22.4. The molecule has 5 rings (SSSR count). The lowest BCUT2D eigenvalue weighted by molar-refractivity contribution is -0.133. The zero-order valence-electron chi connectivity index (χ0n) is 56.6. The van der Waals surface area contributed by atoms with Gasteiger partial charge in [-0.2, -0.15) is 0 Å². The Hall–Kier alpha value is -8.18. The molecular weight excluding hydrogens is 1190 g/mol. The highest BCUT2D eigenvalue weighted by atomic mass is 16.3. The second kappa shape index (κ2) is 41.5. The number of carbonyl (C=O) groups excluding carboxylic acids is 8. The van der Waals surface area contributed by atoms with E-state index in [-0.39, 0.29) is 96.8 Å². The maximum Gasteiger partial charge on any atom is 0.229 e. The number of unbranched alkanes of at least 4 members (excludes halogenated alkanes) is 2. The number of phenols is 2. The topological polar surface area (TPSA) is 378 Å². The standard InChI is InChI=1S/C37H55N5O5.C35H51N7O5/c1-24-18-31(44)19-25(2)32(24)21-30(23-35(45)33(39)14-11-17-41-27(4)38)37(47)42-34(15-9-10-16-40-5)36(46)22-29(26(3)43)20-28-12-7-6-8-13-28;1-22-16-27(44)18-26-20-39-21-28(32(22)26)34(47)42-30(13-9-15-40-35(36)37)31(45)19-25(17-24-10-5-4-6-11-24)33(46)41-29(23(2)43)12-7-8-14-38-3/h6-8,12-13,18-19,29-30,33-34,40,44H,9-11,14-17,20-23,39H2,1-5H3,(H2,38,41)(H,42,47);4-6,10-11,16,18,25,28-30,38-39,44H,7-9,12-15,17,19-21H2,1-3H3,(H,41,46)(H,42,47)(H4,36,37,40). The monoisotopic (exact) mass is 1300 g/mol. The summed E-state index contributed by atoms with van der Waals surface area (Å²) in [4.78, 5) is 116. The van der Waals surface area contributed by atoms with E-state index in [1.807, 2.05) is 95.5 Å². The van der Waals surface area contributed by atoms with E-state index < -0.39 is 53.7 Å². The van der Waals surface area contributed by atoms with Crippen LogP contribution in [-0.2, 0) is 64.2 Å². The first-order valence-corrected chi connectivity index (χ1v) is 33.1. The number of fused-ring (bicyclic) bond motifs is 1. The number of phenolic OH excluding ortho intramolecular Hbond substituents is 2. The fraction of sp³-hybridized carbons (Fsp3) is 0.528. The molecule has 16 N–H and O–H groups in total. The van der Waals surface area contributed by atoms with Crippen LogP contribution >= 0.6 is 0 Å². The number of aromatic hydroxyl groups is 2. The largest absolute Gasteiger partial charge is 0.508 e. The summed E-state index contributed by atoms with van der Waals surface area (Å²) in [5.41, 5.74) is 29.6. The molecule has 0 spiro atoms. The van der Waals surface area contributed by atoms with Crippen LogP contribution in [0.1, 0.15) is 155 Å². The molecule has 3 amide bonds. The first-order chi connectivity index (χ1) is 44.8. The summed E-state index contributed by atoms with van der Waals surface area (Å²) in [5.74, 6) is -4.04. The van der Waals surface area contributed by atoms with Crippen molar-refractivity contribution >= 4 is 58.4 Å². The van der Waals surface area contributed by atoms with E-state index in [0.717, 1.165) is 76.9 Å². The molecule has 0 fully saturated rings. The SMILES string of the molecule is CNCCCCC(NC(=O)C(CC(=O)C(CCCN=C(N)N)NC(=O)C1CNCc2cc(O)cc(C)c21)Cc1ccccc1)C(C)=O.CNCCCCC(NC(=O)C(CC(=O)C(N)CCCN=C(C)N)Cc1c(C)cc(O)cc1C)C(=O)CC(Cc1ccccc1)C(C)=O. The number of benzene rings is 4. The van der Waals surface area contributed by atoms with Crippen molar-refractivity contribution in [3.8, 4) is 11.5 Å². The molecular formula is C72H106N12O10. The third-order valence-electron chi connectivity index (χ3n) is 17.2. The van der Waals surface area contributed by atoms with Crippen LogP contribution in [0.4, 0.5) is 0 Å². The molecule has 0 saturated heterocycles. The van der Waals surface area contributed by atoms with Crippen LogP contribution in [0.5, 0.6) is 11.5 Å². The van der Waals surface area contributed by atoms with Crippen molar-refractivity contribution in [2.75, 3.05) is 46.8 Å². The number of ketones is 5. The highest BCUT2D eigenvalue weighted by Gasteiger charge is 2.35. The molecule has 1 aliphatic heterocycles. The highest BCUT2D eigenvalue weighted by molar-refractivity contribution is 5.96. The Labute approximate surface area is 555 Å². The number of aliphatic imine (C=N–C) groups is 2. The van der Waals surface area contributed by atoms with Gasteiger partial charge in [0.1, 0.15) is 23.1 Å². The number of nitrogens with one attached hydrogen (secondary N) is 6. The zero-order chi connectivity index (χ0) is 69.3. The van der Waals surface area contributed by atoms with Gasteiger partial charge in [-0.25, -0.2) is 0 Å². The van der Waals surface area contributed by atoms with E-state index in [1.54, 1.807) is 31.2 Å². The fourth-order valence-corrected chi connectivity index (χ4v) is 11.9. The van der Waals surface area contributed by atoms with Gasteiger partial charge in [0.25, 0.3) is 0 Å². The molecule has 0 saturated carbocycles. The normalized spacial score (nSPS) is 15.0. The Bertz CT molecular complexity index is 3150. The molecule has 8 atom stereocenters. The number of Topliss-reactive ketones (excluding diaryl/α,β-unsaturated/α-hetero) is 5. The van der Waals surface area contributed by atoms with Crippen molar-refractivity contribution in [3.63, 3.8) is 0 Å². The van der Waals surface area contributed by atoms with Crippen molar-refractivity contribution in [2.24, 2.45) is 50.7 Å². The first-order valence-electron chi connectivity index (χ1n) is 33.1. The Balaban J connectivity index is 0.000000400. The van der Waals surface area contributed by atoms with E-state index >= 15 is 0 Å². The van der Waals surface area contributed by atoms with E-state index in [9.17, 15) is 48.6 Å². The number of amidine groups is 1. The number of hydrogen-bond acceptors (Lipinski definition) is 16. The van der Waals surface area contributed by atoms with Crippen molar-refractivity contribution in [3.05, 3.63) is 129 Å². The Morgan fingerprint density at radius 1 is 0.553 bits per heavy atom. The van der Waals surface area contributed by atoms with E-state index in [4.69, 9.17) is 22.9 Å². The van der Waals surface area contributed by atoms with Crippen molar-refractivity contribution < 1.29 is 48.6 Å². The summed E-state index contributed by atoms with van der Waals surface area (Å²) >= 11 is 0. The number of nitrogens with zero attached hydrogens (tertiary/aromatic N) is 2. The lowest BCUT2D eigenvalue weighted by Crippen LogP contribution is -2.48. The molecule has 94 heavy (non-hydrogen) atoms. The van der Waals surface area contributed by atoms with Crippen molar-refractivity contribution in [1.29, 1.82) is 0 Å². The summed E-state index contributed by atoms with van der Waals surface area (Å²) in [5, 5.41) is 38.5. The van der Waals surface area contributed by atoms with Gasteiger partial charge in [0, 0.05) is 63.2 Å². The number of nitrogens with two attached hydrogens (primary N) is 4. The van der Waals surface area contributed by atoms with Crippen LogP contribution < -0.4 is 54.8 Å². The third kappa shape index (κ3) is 27.8. The fourth-order valence-electron chi connectivity index (χ4n) is 11.9. The molecule has 1 heterocycles. The summed E-state index contributed by atoms with van der Waals surface area (Å²) in [6.45, 7) is 13.4. The van der Waals surface area contributed by atoms with Crippen LogP contribution in [0.25, 0.3) is 0 Å². The molecule has 514 valence electrons. The zero-order valence-corrected chi connectivity index (χ0v) is 56.6. The summed E-state index contributed by atoms with van der Waals surface area (Å²) in [6.07, 6.45) is 6.48. The van der Waals surface area contributed by atoms with Crippen LogP contribution in [0.2, 0.25) is 0 Å². The average Bonchev–Trinajstić information content (AvgIpc) is 0.799. The molecule has 0 aromatic heterocycles. The minimum absolute atomic E-state index is 0.0105. The average molecular weight is 1300 g/mol. The molecule has 22 nitrogen and oxygen atoms in total. The van der Waals surface area contributed by atoms with Crippen molar-refractivity contribution in [2.45, 2.75) is 181 Å². The maximum absolute atomic E-state index is 14.0. The second-order valence-corrected chi connectivity index (χ2v) is 25.1. The number of hydrogen-bond donors (Lipinski definition) is 12. The third-order valence-corrected chi connectivity index (χ3v) is 17.2. The van der Waals surface area contributed by atoms with Crippen LogP contribution in [0, 0.1) is 38.5 Å².